The van der Waals surface area contributed by atoms with Crippen molar-refractivity contribution in [2.24, 2.45) is 0 Å². The predicted octanol–water partition coefficient (Wildman–Crippen LogP) is 23.0. The minimum Gasteiger partial charge on any atom is -0.462 e. The van der Waals surface area contributed by atoms with Gasteiger partial charge >= 0.3 is 17.9 Å². The third-order valence-corrected chi connectivity index (χ3v) is 15.5. The molecule has 1 unspecified atom stereocenters. The van der Waals surface area contributed by atoms with Crippen molar-refractivity contribution in [1.82, 2.24) is 0 Å². The fraction of sp³-hybridized carbons (Fsp3) is 0.899. The number of carbonyl (C=O) groups excluding carboxylic acids is 3. The lowest BCUT2D eigenvalue weighted by atomic mass is 10.0. The predicted molar refractivity (Wildman–Crippen MR) is 326 cm³/mol. The molecule has 0 aromatic carbocycles. The van der Waals surface area contributed by atoms with Crippen LogP contribution < -0.4 is 0 Å². The second-order valence-corrected chi connectivity index (χ2v) is 23.1. The van der Waals surface area contributed by atoms with Gasteiger partial charge in [-0.05, 0) is 51.4 Å². The molecule has 0 aromatic heterocycles. The Morgan fingerprint density at radius 2 is 0.480 bits per heavy atom. The number of ether oxygens (including phenoxy) is 3. The Morgan fingerprint density at radius 3 is 0.733 bits per heavy atom. The smallest absolute Gasteiger partial charge is 0.306 e. The molecule has 0 N–H and O–H groups in total. The van der Waals surface area contributed by atoms with Crippen LogP contribution in [0, 0.1) is 0 Å². The number of esters is 3. The molecule has 0 aromatic rings. The molecular weight excluding hydrogens is 925 g/mol. The molecule has 0 saturated heterocycles. The minimum absolute atomic E-state index is 0.0681. The maximum absolute atomic E-state index is 12.8. The summed E-state index contributed by atoms with van der Waals surface area (Å²) in [6.07, 6.45) is 78.2. The van der Waals surface area contributed by atoms with Crippen LogP contribution in [0.15, 0.2) is 24.3 Å². The molecular formula is C69H130O6. The van der Waals surface area contributed by atoms with Crippen LogP contribution in [-0.2, 0) is 28.6 Å². The highest BCUT2D eigenvalue weighted by atomic mass is 16.6. The van der Waals surface area contributed by atoms with Crippen molar-refractivity contribution in [1.29, 1.82) is 0 Å². The molecule has 0 aliphatic carbocycles. The Labute approximate surface area is 468 Å². The highest BCUT2D eigenvalue weighted by Gasteiger charge is 2.19. The molecule has 6 nitrogen and oxygen atoms in total. The second kappa shape index (κ2) is 64.4. The van der Waals surface area contributed by atoms with E-state index in [4.69, 9.17) is 14.2 Å². The molecule has 0 amide bonds. The number of hydrogen-bond acceptors (Lipinski definition) is 6. The largest absolute Gasteiger partial charge is 0.462 e. The molecule has 442 valence electrons. The van der Waals surface area contributed by atoms with E-state index in [1.54, 1.807) is 0 Å². The van der Waals surface area contributed by atoms with Crippen molar-refractivity contribution in [3.8, 4) is 0 Å². The summed E-state index contributed by atoms with van der Waals surface area (Å²) in [4.78, 5) is 38.0. The van der Waals surface area contributed by atoms with E-state index in [0.29, 0.717) is 19.3 Å². The molecule has 0 aliphatic rings. The van der Waals surface area contributed by atoms with Gasteiger partial charge in [-0.2, -0.15) is 0 Å². The quantitative estimate of drug-likeness (QED) is 0.0261. The monoisotopic (exact) mass is 1050 g/mol. The molecule has 0 spiro atoms. The molecule has 0 heterocycles. The van der Waals surface area contributed by atoms with Gasteiger partial charge in [-0.1, -0.05) is 334 Å². The van der Waals surface area contributed by atoms with E-state index in [9.17, 15) is 14.4 Å². The Balaban J connectivity index is 3.97. The lowest BCUT2D eigenvalue weighted by molar-refractivity contribution is -0.167. The first-order chi connectivity index (χ1) is 37.0. The summed E-state index contributed by atoms with van der Waals surface area (Å²) in [5.74, 6) is -0.858. The van der Waals surface area contributed by atoms with Gasteiger partial charge in [0.1, 0.15) is 13.2 Å². The molecule has 0 saturated carbocycles. The first-order valence-corrected chi connectivity index (χ1v) is 33.8. The Hall–Kier alpha value is -2.11. The molecule has 0 aliphatic heterocycles. The van der Waals surface area contributed by atoms with Crippen LogP contribution >= 0.6 is 0 Å². The van der Waals surface area contributed by atoms with E-state index in [0.717, 1.165) is 64.2 Å². The summed E-state index contributed by atoms with van der Waals surface area (Å²) in [7, 11) is 0. The average molecular weight is 1060 g/mol. The summed E-state index contributed by atoms with van der Waals surface area (Å²) >= 11 is 0. The van der Waals surface area contributed by atoms with Crippen LogP contribution in [0.1, 0.15) is 380 Å². The summed E-state index contributed by atoms with van der Waals surface area (Å²) in [6.45, 7) is 6.63. The zero-order chi connectivity index (χ0) is 54.3. The first kappa shape index (κ1) is 72.9. The molecule has 1 atom stereocenters. The first-order valence-electron chi connectivity index (χ1n) is 33.8. The summed E-state index contributed by atoms with van der Waals surface area (Å²) in [5.41, 5.74) is 0. The fourth-order valence-electron chi connectivity index (χ4n) is 10.4. The number of allylic oxidation sites excluding steroid dienone is 4. The topological polar surface area (TPSA) is 78.9 Å². The van der Waals surface area contributed by atoms with Crippen molar-refractivity contribution in [3.63, 3.8) is 0 Å². The van der Waals surface area contributed by atoms with Gasteiger partial charge in [0.15, 0.2) is 6.10 Å². The Morgan fingerprint density at radius 1 is 0.267 bits per heavy atom. The van der Waals surface area contributed by atoms with Gasteiger partial charge in [0, 0.05) is 19.3 Å². The van der Waals surface area contributed by atoms with Crippen LogP contribution in [0.2, 0.25) is 0 Å². The van der Waals surface area contributed by atoms with Gasteiger partial charge in [-0.3, -0.25) is 14.4 Å². The zero-order valence-electron chi connectivity index (χ0n) is 50.8. The number of carbonyl (C=O) groups is 3. The number of rotatable bonds is 63. The van der Waals surface area contributed by atoms with Crippen molar-refractivity contribution in [2.75, 3.05) is 13.2 Å². The molecule has 0 radical (unpaired) electrons. The lowest BCUT2D eigenvalue weighted by Gasteiger charge is -2.18. The molecule has 0 fully saturated rings. The van der Waals surface area contributed by atoms with Gasteiger partial charge in [0.2, 0.25) is 0 Å². The molecule has 0 rings (SSSR count). The van der Waals surface area contributed by atoms with Crippen LogP contribution in [0.5, 0.6) is 0 Å². The second-order valence-electron chi connectivity index (χ2n) is 23.1. The van der Waals surface area contributed by atoms with Crippen molar-refractivity contribution in [2.45, 2.75) is 386 Å². The highest BCUT2D eigenvalue weighted by molar-refractivity contribution is 5.71. The number of hydrogen-bond donors (Lipinski definition) is 0. The van der Waals surface area contributed by atoms with Crippen LogP contribution in [0.25, 0.3) is 0 Å². The SMILES string of the molecule is CCCCCCC/C=C\C/C=C\CCCCCCCCCCCC(=O)OC(COC(=O)CCCCCCCC)COC(=O)CCCCCCCCCCCCCCCCCCCCCCCCCCCCCCCC. The zero-order valence-corrected chi connectivity index (χ0v) is 50.8. The summed E-state index contributed by atoms with van der Waals surface area (Å²) < 4.78 is 16.8. The third-order valence-electron chi connectivity index (χ3n) is 15.5. The summed E-state index contributed by atoms with van der Waals surface area (Å²) in [6, 6.07) is 0. The molecule has 0 bridgehead atoms. The van der Waals surface area contributed by atoms with Gasteiger partial charge in [-0.15, -0.1) is 0 Å². The van der Waals surface area contributed by atoms with E-state index >= 15 is 0 Å². The van der Waals surface area contributed by atoms with Crippen LogP contribution in [-0.4, -0.2) is 37.2 Å². The van der Waals surface area contributed by atoms with Crippen LogP contribution in [0.4, 0.5) is 0 Å². The van der Waals surface area contributed by atoms with Gasteiger partial charge in [0.25, 0.3) is 0 Å². The molecule has 75 heavy (non-hydrogen) atoms. The van der Waals surface area contributed by atoms with Crippen molar-refractivity contribution in [3.05, 3.63) is 24.3 Å². The Bertz CT molecular complexity index is 1210. The maximum Gasteiger partial charge on any atom is 0.306 e. The van der Waals surface area contributed by atoms with Crippen molar-refractivity contribution < 1.29 is 28.6 Å². The lowest BCUT2D eigenvalue weighted by Crippen LogP contribution is -2.30. The van der Waals surface area contributed by atoms with Crippen LogP contribution in [0.3, 0.4) is 0 Å². The minimum atomic E-state index is -0.768. The van der Waals surface area contributed by atoms with E-state index in [1.807, 2.05) is 0 Å². The van der Waals surface area contributed by atoms with E-state index in [2.05, 4.69) is 45.1 Å². The third kappa shape index (κ3) is 62.6. The summed E-state index contributed by atoms with van der Waals surface area (Å²) in [5, 5.41) is 0. The van der Waals surface area contributed by atoms with E-state index in [-0.39, 0.29) is 31.1 Å². The Kier molecular flexibility index (Phi) is 62.6. The number of unbranched alkanes of at least 4 members (excludes halogenated alkanes) is 48. The van der Waals surface area contributed by atoms with E-state index in [1.165, 1.54) is 276 Å². The van der Waals surface area contributed by atoms with E-state index < -0.39 is 6.10 Å². The highest BCUT2D eigenvalue weighted by Crippen LogP contribution is 2.18. The normalized spacial score (nSPS) is 12.1. The fourth-order valence-corrected chi connectivity index (χ4v) is 10.4. The maximum atomic E-state index is 12.8. The van der Waals surface area contributed by atoms with Gasteiger partial charge in [-0.25, -0.2) is 0 Å². The standard InChI is InChI=1S/C69H130O6/c1-4-7-10-13-16-18-20-22-24-26-28-30-31-32-33-34-35-36-37-38-40-41-43-45-47-49-51-53-56-59-62-68(71)74-65-66(64-73-67(70)61-58-55-15-12-9-6-3)75-69(72)63-60-57-54-52-50-48-46-44-42-39-29-27-25-23-21-19-17-14-11-8-5-2/h21,23,27,29,66H,4-20,22,24-26,28,30-65H2,1-3H3/b23-21-,29-27-. The molecule has 6 heteroatoms. The van der Waals surface area contributed by atoms with Crippen molar-refractivity contribution >= 4 is 17.9 Å². The van der Waals surface area contributed by atoms with Gasteiger partial charge in [0.05, 0.1) is 0 Å². The van der Waals surface area contributed by atoms with Gasteiger partial charge < -0.3 is 14.2 Å². The average Bonchev–Trinajstić information content (AvgIpc) is 3.41.